The van der Waals surface area contributed by atoms with Crippen LogP contribution in [0.2, 0.25) is 0 Å². The lowest BCUT2D eigenvalue weighted by Gasteiger charge is -2.06. The Kier molecular flexibility index (Phi) is 21.8. The Labute approximate surface area is 148 Å². The summed E-state index contributed by atoms with van der Waals surface area (Å²) in [5, 5.41) is 8.52. The van der Waals surface area contributed by atoms with Crippen LogP contribution in [0.25, 0.3) is 0 Å². The van der Waals surface area contributed by atoms with Crippen molar-refractivity contribution in [1.82, 2.24) is 0 Å². The fourth-order valence-electron chi connectivity index (χ4n) is 2.14. The van der Waals surface area contributed by atoms with Gasteiger partial charge >= 0.3 is 0 Å². The van der Waals surface area contributed by atoms with Gasteiger partial charge in [0.1, 0.15) is 6.61 Å². The van der Waals surface area contributed by atoms with Crippen molar-refractivity contribution < 1.29 is 24.1 Å². The minimum Gasteiger partial charge on any atom is -0.499 e. The van der Waals surface area contributed by atoms with E-state index in [1.54, 1.807) is 6.26 Å². The molecule has 0 rings (SSSR count). The highest BCUT2D eigenvalue weighted by molar-refractivity contribution is 4.73. The number of aliphatic hydroxyl groups excluding tert-OH is 1. The first-order valence-electron chi connectivity index (χ1n) is 9.52. The van der Waals surface area contributed by atoms with E-state index in [9.17, 15) is 0 Å². The second-order valence-corrected chi connectivity index (χ2v) is 5.71. The standard InChI is InChI=1S/C19H38O5/c1-2-3-4-5-6-7-8-9-10-12-21-14-16-23-18-19-24-17-15-22-13-11-20/h10,12,20H,2-9,11,13-19H2,1H3. The number of rotatable bonds is 20. The third kappa shape index (κ3) is 21.4. The zero-order valence-corrected chi connectivity index (χ0v) is 15.5. The Bertz CT molecular complexity index is 246. The van der Waals surface area contributed by atoms with Gasteiger partial charge in [-0.1, -0.05) is 45.4 Å². The Hall–Kier alpha value is -0.620. The van der Waals surface area contributed by atoms with E-state index in [1.807, 2.05) is 0 Å². The van der Waals surface area contributed by atoms with Gasteiger partial charge in [0.2, 0.25) is 0 Å². The summed E-state index contributed by atoms with van der Waals surface area (Å²) in [7, 11) is 0. The quantitative estimate of drug-likeness (QED) is 0.269. The van der Waals surface area contributed by atoms with E-state index in [0.29, 0.717) is 46.2 Å². The largest absolute Gasteiger partial charge is 0.499 e. The van der Waals surface area contributed by atoms with Gasteiger partial charge in [0.25, 0.3) is 0 Å². The van der Waals surface area contributed by atoms with Gasteiger partial charge in [0.15, 0.2) is 0 Å². The van der Waals surface area contributed by atoms with Crippen molar-refractivity contribution >= 4 is 0 Å². The maximum Gasteiger partial charge on any atom is 0.111 e. The minimum absolute atomic E-state index is 0.0522. The van der Waals surface area contributed by atoms with Crippen LogP contribution < -0.4 is 0 Å². The topological polar surface area (TPSA) is 57.2 Å². The van der Waals surface area contributed by atoms with Gasteiger partial charge in [-0.05, 0) is 18.9 Å². The molecule has 0 aromatic carbocycles. The highest BCUT2D eigenvalue weighted by Crippen LogP contribution is 2.08. The molecule has 5 nitrogen and oxygen atoms in total. The lowest BCUT2D eigenvalue weighted by atomic mass is 10.1. The monoisotopic (exact) mass is 346 g/mol. The summed E-state index contributed by atoms with van der Waals surface area (Å²) in [6.07, 6.45) is 14.4. The summed E-state index contributed by atoms with van der Waals surface area (Å²) in [5.74, 6) is 0. The first kappa shape index (κ1) is 23.4. The highest BCUT2D eigenvalue weighted by atomic mass is 16.6. The van der Waals surface area contributed by atoms with E-state index < -0.39 is 0 Å². The molecule has 0 heterocycles. The molecular weight excluding hydrogens is 308 g/mol. The minimum atomic E-state index is 0.0522. The normalized spacial score (nSPS) is 11.4. The van der Waals surface area contributed by atoms with Crippen LogP contribution in [-0.2, 0) is 18.9 Å². The Morgan fingerprint density at radius 2 is 1.21 bits per heavy atom. The molecule has 1 N–H and O–H groups in total. The van der Waals surface area contributed by atoms with Gasteiger partial charge < -0.3 is 24.1 Å². The summed E-state index contributed by atoms with van der Waals surface area (Å²) < 4.78 is 21.1. The molecule has 0 aromatic heterocycles. The van der Waals surface area contributed by atoms with Crippen molar-refractivity contribution in [2.75, 3.05) is 52.9 Å². The molecule has 144 valence electrons. The number of aliphatic hydroxyl groups is 1. The van der Waals surface area contributed by atoms with Crippen LogP contribution in [0.1, 0.15) is 58.3 Å². The van der Waals surface area contributed by atoms with Gasteiger partial charge in [-0.25, -0.2) is 0 Å². The van der Waals surface area contributed by atoms with Crippen LogP contribution in [0, 0.1) is 0 Å². The molecule has 0 aromatic rings. The maximum absolute atomic E-state index is 8.52. The lowest BCUT2D eigenvalue weighted by Crippen LogP contribution is -2.12. The van der Waals surface area contributed by atoms with E-state index in [0.717, 1.165) is 6.42 Å². The van der Waals surface area contributed by atoms with E-state index in [4.69, 9.17) is 24.1 Å². The molecule has 0 saturated heterocycles. The van der Waals surface area contributed by atoms with Crippen LogP contribution in [0.3, 0.4) is 0 Å². The Morgan fingerprint density at radius 3 is 1.83 bits per heavy atom. The van der Waals surface area contributed by atoms with Gasteiger partial charge in [0, 0.05) is 0 Å². The number of hydrogen-bond acceptors (Lipinski definition) is 5. The molecule has 0 atom stereocenters. The van der Waals surface area contributed by atoms with Crippen molar-refractivity contribution in [3.8, 4) is 0 Å². The molecule has 0 unspecified atom stereocenters. The smallest absolute Gasteiger partial charge is 0.111 e. The molecule has 5 heteroatoms. The van der Waals surface area contributed by atoms with Crippen LogP contribution >= 0.6 is 0 Å². The molecule has 0 fully saturated rings. The molecule has 0 aliphatic carbocycles. The van der Waals surface area contributed by atoms with E-state index in [-0.39, 0.29) is 6.61 Å². The average Bonchev–Trinajstić information content (AvgIpc) is 2.60. The first-order chi connectivity index (χ1) is 11.9. The Balaban J connectivity index is 3.03. The van der Waals surface area contributed by atoms with Crippen LogP contribution in [0.5, 0.6) is 0 Å². The van der Waals surface area contributed by atoms with Gasteiger partial charge in [-0.2, -0.15) is 0 Å². The van der Waals surface area contributed by atoms with Crippen molar-refractivity contribution in [1.29, 1.82) is 0 Å². The van der Waals surface area contributed by atoms with Crippen LogP contribution in [0.4, 0.5) is 0 Å². The van der Waals surface area contributed by atoms with E-state index >= 15 is 0 Å². The van der Waals surface area contributed by atoms with Crippen molar-refractivity contribution in [3.63, 3.8) is 0 Å². The summed E-state index contributed by atoms with van der Waals surface area (Å²) in [4.78, 5) is 0. The zero-order chi connectivity index (χ0) is 17.6. The molecule has 0 saturated carbocycles. The third-order valence-electron chi connectivity index (χ3n) is 3.49. The molecule has 0 aliphatic rings. The molecule has 0 amide bonds. The van der Waals surface area contributed by atoms with Crippen molar-refractivity contribution in [2.24, 2.45) is 0 Å². The molecule has 0 spiro atoms. The molecule has 0 radical (unpaired) electrons. The molecule has 0 bridgehead atoms. The summed E-state index contributed by atoms with van der Waals surface area (Å²) in [6.45, 7) is 5.97. The van der Waals surface area contributed by atoms with Gasteiger partial charge in [-0.15, -0.1) is 0 Å². The second-order valence-electron chi connectivity index (χ2n) is 5.71. The first-order valence-corrected chi connectivity index (χ1v) is 9.52. The molecular formula is C19H38O5. The molecule has 0 aliphatic heterocycles. The third-order valence-corrected chi connectivity index (χ3v) is 3.49. The average molecular weight is 347 g/mol. The lowest BCUT2D eigenvalue weighted by molar-refractivity contribution is 0.00133. The highest BCUT2D eigenvalue weighted by Gasteiger charge is 1.92. The SMILES string of the molecule is CCCCCCCCCC=COCCOCCOCCOCCO. The fraction of sp³-hybridized carbons (Fsp3) is 0.895. The fourth-order valence-corrected chi connectivity index (χ4v) is 2.14. The predicted octanol–water partition coefficient (Wildman–Crippen LogP) is 3.70. The van der Waals surface area contributed by atoms with E-state index in [2.05, 4.69) is 13.0 Å². The number of unbranched alkanes of at least 4 members (excludes halogenated alkanes) is 7. The predicted molar refractivity (Wildman–Crippen MR) is 97.2 cm³/mol. The Morgan fingerprint density at radius 1 is 0.667 bits per heavy atom. The van der Waals surface area contributed by atoms with Gasteiger partial charge in [-0.3, -0.25) is 0 Å². The van der Waals surface area contributed by atoms with Crippen LogP contribution in [-0.4, -0.2) is 58.0 Å². The van der Waals surface area contributed by atoms with Crippen LogP contribution in [0.15, 0.2) is 12.3 Å². The van der Waals surface area contributed by atoms with E-state index in [1.165, 1.54) is 44.9 Å². The number of hydrogen-bond donors (Lipinski definition) is 1. The number of allylic oxidation sites excluding steroid dienone is 1. The maximum atomic E-state index is 8.52. The number of ether oxygens (including phenoxy) is 4. The van der Waals surface area contributed by atoms with Gasteiger partial charge in [0.05, 0.1) is 52.5 Å². The second kappa shape index (κ2) is 22.4. The van der Waals surface area contributed by atoms with Crippen molar-refractivity contribution in [3.05, 3.63) is 12.3 Å². The summed E-state index contributed by atoms with van der Waals surface area (Å²) >= 11 is 0. The summed E-state index contributed by atoms with van der Waals surface area (Å²) in [5.41, 5.74) is 0. The zero-order valence-electron chi connectivity index (χ0n) is 15.5. The van der Waals surface area contributed by atoms with Crippen molar-refractivity contribution in [2.45, 2.75) is 58.3 Å². The molecule has 24 heavy (non-hydrogen) atoms. The summed E-state index contributed by atoms with van der Waals surface area (Å²) in [6, 6.07) is 0.